The van der Waals surface area contributed by atoms with Crippen LogP contribution in [-0.4, -0.2) is 37.3 Å². The molecule has 1 saturated heterocycles. The molecule has 1 heterocycles. The van der Waals surface area contributed by atoms with Gasteiger partial charge in [-0.2, -0.15) is 18.4 Å². The molecular weight excluding hydrogens is 532 g/mol. The molecule has 2 aromatic carbocycles. The van der Waals surface area contributed by atoms with E-state index in [4.69, 9.17) is 27.9 Å². The van der Waals surface area contributed by atoms with Crippen LogP contribution in [0.1, 0.15) is 44.2 Å². The van der Waals surface area contributed by atoms with Crippen molar-refractivity contribution in [3.8, 4) is 11.8 Å². The van der Waals surface area contributed by atoms with Crippen molar-refractivity contribution < 1.29 is 32.2 Å². The Bertz CT molecular complexity index is 1240. The lowest BCUT2D eigenvalue weighted by molar-refractivity contribution is -0.202. The van der Waals surface area contributed by atoms with E-state index in [0.29, 0.717) is 22.6 Å². The second-order valence-corrected chi connectivity index (χ2v) is 10.9. The molecule has 0 radical (unpaired) electrons. The van der Waals surface area contributed by atoms with Gasteiger partial charge in [0.05, 0.1) is 13.2 Å². The molecule has 4 atom stereocenters. The summed E-state index contributed by atoms with van der Waals surface area (Å²) in [6, 6.07) is 11.0. The van der Waals surface area contributed by atoms with Crippen LogP contribution in [0.15, 0.2) is 42.5 Å². The summed E-state index contributed by atoms with van der Waals surface area (Å²) in [7, 11) is 1.39. The first-order chi connectivity index (χ1) is 17.1. The second-order valence-electron chi connectivity index (χ2n) is 10.0. The zero-order valence-corrected chi connectivity index (χ0v) is 22.0. The third-order valence-electron chi connectivity index (χ3n) is 6.25. The second kappa shape index (κ2) is 10.5. The standard InChI is InChI=1S/C26H25Cl2F3N2O4/c1-24(2,3)12-19-25(13-32,17-9-8-16(28)11-18(17)36-4)20(14-6-5-7-15(27)10-14)21(33-19)22(34)37-23(35)26(29,30)31/h5-11,19-21,33H,12H2,1-4H3/t19-,20-,21-,25-/m0/s1. The van der Waals surface area contributed by atoms with Crippen LogP contribution in [0.4, 0.5) is 13.2 Å². The van der Waals surface area contributed by atoms with E-state index in [0.717, 1.165) is 0 Å². The van der Waals surface area contributed by atoms with Crippen LogP contribution in [0, 0.1) is 16.7 Å². The molecule has 2 aromatic rings. The Morgan fingerprint density at radius 1 is 1.11 bits per heavy atom. The number of rotatable bonds is 5. The third-order valence-corrected chi connectivity index (χ3v) is 6.72. The molecule has 0 aliphatic carbocycles. The minimum Gasteiger partial charge on any atom is -0.496 e. The molecular formula is C26H25Cl2F3N2O4. The number of methoxy groups -OCH3 is 1. The highest BCUT2D eigenvalue weighted by atomic mass is 35.5. The molecule has 6 nitrogen and oxygen atoms in total. The summed E-state index contributed by atoms with van der Waals surface area (Å²) in [6.45, 7) is 5.76. The molecule has 0 spiro atoms. The third kappa shape index (κ3) is 5.87. The zero-order valence-electron chi connectivity index (χ0n) is 20.5. The van der Waals surface area contributed by atoms with Crippen LogP contribution in [0.25, 0.3) is 0 Å². The Morgan fingerprint density at radius 3 is 2.30 bits per heavy atom. The number of nitriles is 1. The lowest BCUT2D eigenvalue weighted by Gasteiger charge is -2.38. The maximum atomic E-state index is 13.1. The van der Waals surface area contributed by atoms with Crippen LogP contribution in [-0.2, 0) is 19.7 Å². The first-order valence-corrected chi connectivity index (χ1v) is 12.0. The van der Waals surface area contributed by atoms with Crippen LogP contribution in [0.3, 0.4) is 0 Å². The predicted octanol–water partition coefficient (Wildman–Crippen LogP) is 5.96. The van der Waals surface area contributed by atoms with E-state index in [2.05, 4.69) is 16.1 Å². The summed E-state index contributed by atoms with van der Waals surface area (Å²) in [5.74, 6) is -4.97. The Kier molecular flexibility index (Phi) is 8.18. The molecule has 1 N–H and O–H groups in total. The lowest BCUT2D eigenvalue weighted by Crippen LogP contribution is -2.44. The van der Waals surface area contributed by atoms with Crippen molar-refractivity contribution in [2.45, 2.75) is 56.8 Å². The highest BCUT2D eigenvalue weighted by molar-refractivity contribution is 6.31. The van der Waals surface area contributed by atoms with E-state index in [1.54, 1.807) is 30.3 Å². The number of hydrogen-bond acceptors (Lipinski definition) is 6. The fraction of sp³-hybridized carbons (Fsp3) is 0.423. The Labute approximate surface area is 222 Å². The molecule has 0 amide bonds. The van der Waals surface area contributed by atoms with Crippen molar-refractivity contribution in [3.63, 3.8) is 0 Å². The fourth-order valence-electron chi connectivity index (χ4n) is 4.90. The number of benzene rings is 2. The van der Waals surface area contributed by atoms with Gasteiger partial charge in [0.1, 0.15) is 17.2 Å². The van der Waals surface area contributed by atoms with Gasteiger partial charge < -0.3 is 9.47 Å². The van der Waals surface area contributed by atoms with E-state index in [-0.39, 0.29) is 16.2 Å². The van der Waals surface area contributed by atoms with Crippen molar-refractivity contribution in [3.05, 3.63) is 63.6 Å². The first kappa shape index (κ1) is 28.8. The van der Waals surface area contributed by atoms with Gasteiger partial charge in [0.25, 0.3) is 0 Å². The minimum absolute atomic E-state index is 0.252. The molecule has 1 aliphatic rings. The average molecular weight is 557 g/mol. The summed E-state index contributed by atoms with van der Waals surface area (Å²) in [5.41, 5.74) is -1.21. The summed E-state index contributed by atoms with van der Waals surface area (Å²) >= 11 is 12.4. The van der Waals surface area contributed by atoms with Gasteiger partial charge in [0, 0.05) is 27.6 Å². The molecule has 0 saturated carbocycles. The number of hydrogen-bond donors (Lipinski definition) is 1. The summed E-state index contributed by atoms with van der Waals surface area (Å²) < 4.78 is 48.6. The van der Waals surface area contributed by atoms with Crippen molar-refractivity contribution in [2.24, 2.45) is 5.41 Å². The van der Waals surface area contributed by atoms with E-state index < -0.39 is 41.5 Å². The summed E-state index contributed by atoms with van der Waals surface area (Å²) in [6.07, 6.45) is -5.06. The molecule has 3 rings (SSSR count). The molecule has 198 valence electrons. The average Bonchev–Trinajstić information content (AvgIpc) is 3.11. The van der Waals surface area contributed by atoms with Gasteiger partial charge in [-0.3, -0.25) is 5.32 Å². The quantitative estimate of drug-likeness (QED) is 0.361. The number of halogens is 5. The number of esters is 2. The van der Waals surface area contributed by atoms with Gasteiger partial charge in [-0.05, 0) is 41.7 Å². The number of carbonyl (C=O) groups is 2. The number of nitrogens with zero attached hydrogens (tertiary/aromatic N) is 1. The largest absolute Gasteiger partial charge is 0.496 e. The maximum absolute atomic E-state index is 13.1. The lowest BCUT2D eigenvalue weighted by atomic mass is 9.62. The van der Waals surface area contributed by atoms with E-state index in [1.807, 2.05) is 20.8 Å². The molecule has 0 bridgehead atoms. The van der Waals surface area contributed by atoms with Gasteiger partial charge in [-0.25, -0.2) is 9.59 Å². The summed E-state index contributed by atoms with van der Waals surface area (Å²) in [5, 5.41) is 14.5. The number of nitrogens with one attached hydrogen (secondary N) is 1. The predicted molar refractivity (Wildman–Crippen MR) is 131 cm³/mol. The Morgan fingerprint density at radius 2 is 1.76 bits per heavy atom. The highest BCUT2D eigenvalue weighted by Crippen LogP contribution is 2.53. The molecule has 0 unspecified atom stereocenters. The summed E-state index contributed by atoms with van der Waals surface area (Å²) in [4.78, 5) is 24.7. The van der Waals surface area contributed by atoms with Gasteiger partial charge in [0.2, 0.25) is 0 Å². The van der Waals surface area contributed by atoms with Gasteiger partial charge >= 0.3 is 18.1 Å². The van der Waals surface area contributed by atoms with Crippen molar-refractivity contribution in [1.82, 2.24) is 5.32 Å². The smallest absolute Gasteiger partial charge is 0.491 e. The van der Waals surface area contributed by atoms with Crippen LogP contribution < -0.4 is 10.1 Å². The van der Waals surface area contributed by atoms with E-state index >= 15 is 0 Å². The van der Waals surface area contributed by atoms with Crippen molar-refractivity contribution in [2.75, 3.05) is 7.11 Å². The molecule has 0 aromatic heterocycles. The monoisotopic (exact) mass is 556 g/mol. The SMILES string of the molecule is COc1cc(Cl)ccc1[C@@]1(C#N)[C@H](CC(C)(C)C)N[C@H](C(=O)OC(=O)C(F)(F)F)[C@@H]1c1cccc(Cl)c1. The zero-order chi connectivity index (χ0) is 27.8. The van der Waals surface area contributed by atoms with Gasteiger partial charge in [-0.1, -0.05) is 62.2 Å². The minimum atomic E-state index is -5.38. The van der Waals surface area contributed by atoms with E-state index in [9.17, 15) is 28.0 Å². The Balaban J connectivity index is 2.32. The Hall–Kier alpha value is -2.80. The van der Waals surface area contributed by atoms with Gasteiger partial charge in [-0.15, -0.1) is 0 Å². The van der Waals surface area contributed by atoms with Crippen molar-refractivity contribution in [1.29, 1.82) is 5.26 Å². The molecule has 1 aliphatic heterocycles. The molecule has 11 heteroatoms. The van der Waals surface area contributed by atoms with Gasteiger partial charge in [0.15, 0.2) is 0 Å². The normalized spacial score (nSPS) is 23.8. The van der Waals surface area contributed by atoms with E-state index in [1.165, 1.54) is 19.2 Å². The molecule has 37 heavy (non-hydrogen) atoms. The molecule has 1 fully saturated rings. The highest BCUT2D eigenvalue weighted by Gasteiger charge is 2.61. The number of carbonyl (C=O) groups excluding carboxylic acids is 2. The maximum Gasteiger partial charge on any atom is 0.491 e. The van der Waals surface area contributed by atoms with Crippen LogP contribution >= 0.6 is 23.2 Å². The topological polar surface area (TPSA) is 88.4 Å². The van der Waals surface area contributed by atoms with Crippen LogP contribution in [0.2, 0.25) is 10.0 Å². The van der Waals surface area contributed by atoms with Crippen molar-refractivity contribution >= 4 is 35.1 Å². The first-order valence-electron chi connectivity index (χ1n) is 11.2. The fourth-order valence-corrected chi connectivity index (χ4v) is 5.26. The number of alkyl halides is 3. The number of ether oxygens (including phenoxy) is 2. The van der Waals surface area contributed by atoms with Crippen LogP contribution in [0.5, 0.6) is 5.75 Å².